The molecule has 0 spiro atoms. The minimum absolute atomic E-state index is 0.946. The highest BCUT2D eigenvalue weighted by molar-refractivity contribution is 5.54. The first-order chi connectivity index (χ1) is 8.92. The van der Waals surface area contributed by atoms with Crippen LogP contribution in [-0.2, 0) is 12.8 Å². The molecule has 1 aliphatic heterocycles. The molecule has 0 saturated heterocycles. The lowest BCUT2D eigenvalue weighted by atomic mass is 9.90. The van der Waals surface area contributed by atoms with Crippen LogP contribution in [0.1, 0.15) is 56.1 Å². The molecule has 3 rings (SSSR count). The first kappa shape index (κ1) is 12.1. The third-order valence-corrected chi connectivity index (χ3v) is 4.61. The van der Waals surface area contributed by atoms with Crippen molar-refractivity contribution in [3.8, 4) is 0 Å². The van der Waals surface area contributed by atoms with Gasteiger partial charge < -0.3 is 5.32 Å². The zero-order valence-electron chi connectivity index (χ0n) is 11.4. The summed E-state index contributed by atoms with van der Waals surface area (Å²) in [6, 6.07) is 7.12. The quantitative estimate of drug-likeness (QED) is 0.751. The maximum absolute atomic E-state index is 3.50. The summed E-state index contributed by atoms with van der Waals surface area (Å²) in [4.78, 5) is 0. The lowest BCUT2D eigenvalue weighted by Crippen LogP contribution is -2.12. The fraction of sp³-hybridized carbons (Fsp3) is 0.647. The van der Waals surface area contributed by atoms with Crippen LogP contribution in [0.5, 0.6) is 0 Å². The van der Waals surface area contributed by atoms with Crippen molar-refractivity contribution < 1.29 is 0 Å². The molecule has 0 bridgehead atoms. The average Bonchev–Trinajstić information content (AvgIpc) is 2.67. The highest BCUT2D eigenvalue weighted by Gasteiger charge is 2.14. The van der Waals surface area contributed by atoms with E-state index in [2.05, 4.69) is 23.5 Å². The minimum atomic E-state index is 0.946. The van der Waals surface area contributed by atoms with Crippen LogP contribution in [0.15, 0.2) is 18.2 Å². The minimum Gasteiger partial charge on any atom is -0.385 e. The third-order valence-electron chi connectivity index (χ3n) is 4.61. The number of aryl methyl sites for hydroxylation is 1. The molecule has 98 valence electrons. The van der Waals surface area contributed by atoms with Gasteiger partial charge in [0.2, 0.25) is 0 Å². The highest BCUT2D eigenvalue weighted by Crippen LogP contribution is 2.28. The number of anilines is 1. The van der Waals surface area contributed by atoms with Gasteiger partial charge in [-0.1, -0.05) is 50.7 Å². The summed E-state index contributed by atoms with van der Waals surface area (Å²) in [6.07, 6.45) is 12.6. The lowest BCUT2D eigenvalue weighted by molar-refractivity contribution is 0.458. The summed E-state index contributed by atoms with van der Waals surface area (Å²) in [7, 11) is 0. The summed E-state index contributed by atoms with van der Waals surface area (Å²) in [6.45, 7) is 1.15. The molecule has 0 unspecified atom stereocenters. The Bertz CT molecular complexity index is 389. The topological polar surface area (TPSA) is 12.0 Å². The van der Waals surface area contributed by atoms with Gasteiger partial charge in [-0.3, -0.25) is 0 Å². The molecule has 1 heteroatoms. The third kappa shape index (κ3) is 2.88. The molecule has 1 N–H and O–H groups in total. The van der Waals surface area contributed by atoms with E-state index < -0.39 is 0 Å². The molecule has 1 saturated carbocycles. The van der Waals surface area contributed by atoms with Crippen molar-refractivity contribution in [3.63, 3.8) is 0 Å². The van der Waals surface area contributed by atoms with Gasteiger partial charge in [-0.25, -0.2) is 0 Å². The molecule has 2 aliphatic rings. The molecule has 1 aliphatic carbocycles. The van der Waals surface area contributed by atoms with E-state index in [4.69, 9.17) is 0 Å². The Balaban J connectivity index is 1.68. The molecule has 1 aromatic carbocycles. The maximum Gasteiger partial charge on any atom is 0.0372 e. The van der Waals surface area contributed by atoms with Gasteiger partial charge in [-0.05, 0) is 42.4 Å². The predicted octanol–water partition coefficient (Wildman–Crippen LogP) is 4.56. The summed E-state index contributed by atoms with van der Waals surface area (Å²) >= 11 is 0. The molecule has 0 radical (unpaired) electrons. The fourth-order valence-corrected chi connectivity index (χ4v) is 3.56. The number of hydrogen-bond acceptors (Lipinski definition) is 1. The molecular formula is C17H25N. The largest absolute Gasteiger partial charge is 0.385 e. The Hall–Kier alpha value is -0.980. The molecule has 1 nitrogen and oxygen atoms in total. The predicted molar refractivity (Wildman–Crippen MR) is 78.1 cm³/mol. The Kier molecular flexibility index (Phi) is 3.87. The molecule has 18 heavy (non-hydrogen) atoms. The van der Waals surface area contributed by atoms with Gasteiger partial charge in [0, 0.05) is 12.2 Å². The van der Waals surface area contributed by atoms with E-state index in [1.165, 1.54) is 63.5 Å². The number of rotatable bonds is 2. The number of fused-ring (bicyclic) bond motifs is 1. The van der Waals surface area contributed by atoms with Crippen LogP contribution in [0.3, 0.4) is 0 Å². The van der Waals surface area contributed by atoms with Crippen LogP contribution < -0.4 is 5.32 Å². The van der Waals surface area contributed by atoms with Crippen LogP contribution >= 0.6 is 0 Å². The highest BCUT2D eigenvalue weighted by atomic mass is 14.9. The second-order valence-electron chi connectivity index (χ2n) is 6.08. The second kappa shape index (κ2) is 5.77. The van der Waals surface area contributed by atoms with Crippen molar-refractivity contribution in [1.82, 2.24) is 0 Å². The smallest absolute Gasteiger partial charge is 0.0372 e. The average molecular weight is 243 g/mol. The van der Waals surface area contributed by atoms with Gasteiger partial charge in [0.15, 0.2) is 0 Å². The van der Waals surface area contributed by atoms with Crippen molar-refractivity contribution in [2.45, 2.75) is 57.8 Å². The SMILES string of the molecule is c1cc2c(cc1CC1CCCCCC1)CCCN2. The Morgan fingerprint density at radius 1 is 1.00 bits per heavy atom. The number of benzene rings is 1. The number of hydrogen-bond donors (Lipinski definition) is 1. The first-order valence-corrected chi connectivity index (χ1v) is 7.77. The van der Waals surface area contributed by atoms with Gasteiger partial charge in [0.25, 0.3) is 0 Å². The molecule has 0 atom stereocenters. The summed E-state index contributed by atoms with van der Waals surface area (Å²) in [5.74, 6) is 0.946. The van der Waals surface area contributed by atoms with E-state index in [-0.39, 0.29) is 0 Å². The summed E-state index contributed by atoms with van der Waals surface area (Å²) < 4.78 is 0. The van der Waals surface area contributed by atoms with Crippen molar-refractivity contribution in [2.75, 3.05) is 11.9 Å². The maximum atomic E-state index is 3.50. The van der Waals surface area contributed by atoms with E-state index in [1.54, 1.807) is 11.1 Å². The van der Waals surface area contributed by atoms with Crippen LogP contribution in [-0.4, -0.2) is 6.54 Å². The van der Waals surface area contributed by atoms with E-state index in [9.17, 15) is 0 Å². The van der Waals surface area contributed by atoms with Gasteiger partial charge >= 0.3 is 0 Å². The van der Waals surface area contributed by atoms with E-state index in [1.807, 2.05) is 0 Å². The zero-order chi connectivity index (χ0) is 12.2. The van der Waals surface area contributed by atoms with Gasteiger partial charge in [-0.15, -0.1) is 0 Å². The van der Waals surface area contributed by atoms with Crippen LogP contribution in [0.25, 0.3) is 0 Å². The molecular weight excluding hydrogens is 218 g/mol. The van der Waals surface area contributed by atoms with Gasteiger partial charge in [-0.2, -0.15) is 0 Å². The molecule has 1 fully saturated rings. The standard InChI is InChI=1S/C17H25N/c1-2-4-7-14(6-3-1)12-15-9-10-17-16(13-15)8-5-11-18-17/h9-10,13-14,18H,1-8,11-12H2. The van der Waals surface area contributed by atoms with Crippen LogP contribution in [0, 0.1) is 5.92 Å². The molecule has 0 amide bonds. The monoisotopic (exact) mass is 243 g/mol. The Morgan fingerprint density at radius 3 is 2.67 bits per heavy atom. The van der Waals surface area contributed by atoms with Gasteiger partial charge in [0.1, 0.15) is 0 Å². The Morgan fingerprint density at radius 2 is 1.83 bits per heavy atom. The molecule has 1 aromatic rings. The number of nitrogens with one attached hydrogen (secondary N) is 1. The van der Waals surface area contributed by atoms with Crippen LogP contribution in [0.4, 0.5) is 5.69 Å². The van der Waals surface area contributed by atoms with E-state index in [0.717, 1.165) is 12.5 Å². The first-order valence-electron chi connectivity index (χ1n) is 7.77. The molecule has 0 aromatic heterocycles. The molecule has 1 heterocycles. The normalized spacial score (nSPS) is 20.9. The zero-order valence-corrected chi connectivity index (χ0v) is 11.4. The van der Waals surface area contributed by atoms with Crippen molar-refractivity contribution in [3.05, 3.63) is 29.3 Å². The van der Waals surface area contributed by atoms with Crippen LogP contribution in [0.2, 0.25) is 0 Å². The van der Waals surface area contributed by atoms with E-state index in [0.29, 0.717) is 0 Å². The van der Waals surface area contributed by atoms with Crippen molar-refractivity contribution in [2.24, 2.45) is 5.92 Å². The Labute approximate surface area is 111 Å². The van der Waals surface area contributed by atoms with Crippen molar-refractivity contribution >= 4 is 5.69 Å². The summed E-state index contributed by atoms with van der Waals surface area (Å²) in [5.41, 5.74) is 4.50. The lowest BCUT2D eigenvalue weighted by Gasteiger charge is -2.20. The van der Waals surface area contributed by atoms with E-state index >= 15 is 0 Å². The van der Waals surface area contributed by atoms with Crippen molar-refractivity contribution in [1.29, 1.82) is 0 Å². The van der Waals surface area contributed by atoms with Gasteiger partial charge in [0.05, 0.1) is 0 Å². The second-order valence-corrected chi connectivity index (χ2v) is 6.08. The summed E-state index contributed by atoms with van der Waals surface area (Å²) in [5, 5.41) is 3.50. The fourth-order valence-electron chi connectivity index (χ4n) is 3.56.